The Labute approximate surface area is 272 Å². The van der Waals surface area contributed by atoms with Crippen molar-refractivity contribution < 1.29 is 33.3 Å². The van der Waals surface area contributed by atoms with Crippen LogP contribution in [0.1, 0.15) is 34.3 Å². The molecule has 0 saturated carbocycles. The topological polar surface area (TPSA) is 67.8 Å². The van der Waals surface area contributed by atoms with E-state index in [2.05, 4.69) is 32.2 Å². The minimum atomic E-state index is -4.60. The first-order valence-corrected chi connectivity index (χ1v) is 13.7. The van der Waals surface area contributed by atoms with Gasteiger partial charge in [-0.3, -0.25) is 14.8 Å². The SMILES string of the molecule is [C-]#[N+]c1cc[c-]c(-c2cccc(C(Cc3c[c-]ccc3)(Cc3cccnc3)c3cccc(C4C=C(C(F)(F)F)N=N4)n3)n2)c1.[Ir]. The summed E-state index contributed by atoms with van der Waals surface area (Å²) in [6.45, 7) is 7.44. The second kappa shape index (κ2) is 13.4. The van der Waals surface area contributed by atoms with E-state index in [1.807, 2.05) is 60.7 Å². The standard InChI is InChI=1S/C35H23F3N6.Ir/c1-39-27-13-5-12-26(19-27)28-14-6-16-31(41-28)34(21-24-9-3-2-4-10-24,22-25-11-8-18-40-23-25)32-17-7-15-29(42-32)30-20-33(44-43-30)35(36,37)38;/h2-3,5-11,13-20,23,30H,21-22H2;/q-2;. The number of hydrogen-bond donors (Lipinski definition) is 0. The van der Waals surface area contributed by atoms with Crippen LogP contribution in [-0.4, -0.2) is 21.1 Å². The first-order chi connectivity index (χ1) is 21.3. The van der Waals surface area contributed by atoms with E-state index < -0.39 is 23.3 Å². The molecular weight excluding hydrogens is 754 g/mol. The molecule has 6 rings (SSSR count). The smallest absolute Gasteiger partial charge is 0.300 e. The van der Waals surface area contributed by atoms with E-state index in [0.29, 0.717) is 46.9 Å². The van der Waals surface area contributed by atoms with Crippen molar-refractivity contribution in [3.8, 4) is 11.3 Å². The maximum atomic E-state index is 13.4. The number of azo groups is 1. The van der Waals surface area contributed by atoms with Gasteiger partial charge >= 0.3 is 6.18 Å². The number of hydrogen-bond acceptors (Lipinski definition) is 5. The molecule has 0 fully saturated rings. The van der Waals surface area contributed by atoms with Gasteiger partial charge in [-0.2, -0.15) is 65.4 Å². The first-order valence-electron chi connectivity index (χ1n) is 13.7. The molecule has 5 aromatic rings. The molecule has 0 aliphatic carbocycles. The van der Waals surface area contributed by atoms with E-state index >= 15 is 0 Å². The van der Waals surface area contributed by atoms with Crippen LogP contribution in [0.15, 0.2) is 125 Å². The molecule has 0 amide bonds. The minimum Gasteiger partial charge on any atom is -0.300 e. The van der Waals surface area contributed by atoms with Crippen LogP contribution in [0.4, 0.5) is 18.9 Å². The van der Waals surface area contributed by atoms with Crippen molar-refractivity contribution in [2.24, 2.45) is 10.2 Å². The summed E-state index contributed by atoms with van der Waals surface area (Å²) in [5.74, 6) is 0. The van der Waals surface area contributed by atoms with Gasteiger partial charge in [-0.15, -0.1) is 23.8 Å². The van der Waals surface area contributed by atoms with Crippen molar-refractivity contribution in [1.29, 1.82) is 0 Å². The molecular formula is C35H23F3IrN6-2. The Morgan fingerprint density at radius 3 is 2.36 bits per heavy atom. The number of pyridine rings is 3. The molecule has 2 atom stereocenters. The summed E-state index contributed by atoms with van der Waals surface area (Å²) in [6, 6.07) is 32.9. The van der Waals surface area contributed by atoms with Crippen molar-refractivity contribution >= 4 is 5.69 Å². The Morgan fingerprint density at radius 2 is 1.64 bits per heavy atom. The van der Waals surface area contributed by atoms with Crippen LogP contribution in [0, 0.1) is 18.7 Å². The van der Waals surface area contributed by atoms with E-state index in [1.54, 1.807) is 42.7 Å². The number of alkyl halides is 3. The first kappa shape index (κ1) is 31.6. The van der Waals surface area contributed by atoms with Crippen molar-refractivity contribution in [3.05, 3.63) is 167 Å². The van der Waals surface area contributed by atoms with E-state index in [4.69, 9.17) is 16.5 Å². The molecule has 1 radical (unpaired) electrons. The van der Waals surface area contributed by atoms with Gasteiger partial charge in [0.05, 0.1) is 23.4 Å². The van der Waals surface area contributed by atoms with Crippen LogP contribution < -0.4 is 0 Å². The summed E-state index contributed by atoms with van der Waals surface area (Å²) < 4.78 is 40.1. The van der Waals surface area contributed by atoms with Gasteiger partial charge in [0.1, 0.15) is 11.7 Å². The molecule has 45 heavy (non-hydrogen) atoms. The summed E-state index contributed by atoms with van der Waals surface area (Å²) in [5.41, 5.74) is 3.36. The third-order valence-corrected chi connectivity index (χ3v) is 7.40. The molecule has 1 aliphatic heterocycles. The summed E-state index contributed by atoms with van der Waals surface area (Å²) >= 11 is 0. The molecule has 10 heteroatoms. The quantitative estimate of drug-likeness (QED) is 0.149. The second-order valence-electron chi connectivity index (χ2n) is 10.3. The average molecular weight is 777 g/mol. The largest absolute Gasteiger partial charge is 0.434 e. The fraction of sp³-hybridized carbons (Fsp3) is 0.143. The number of benzene rings is 2. The fourth-order valence-electron chi connectivity index (χ4n) is 5.34. The molecule has 0 bridgehead atoms. The normalized spacial score (nSPS) is 15.4. The molecule has 3 aromatic heterocycles. The van der Waals surface area contributed by atoms with Crippen molar-refractivity contribution in [2.45, 2.75) is 30.5 Å². The number of aromatic nitrogens is 3. The molecule has 0 spiro atoms. The number of nitrogens with zero attached hydrogens (tertiary/aromatic N) is 6. The summed E-state index contributed by atoms with van der Waals surface area (Å²) in [4.78, 5) is 18.0. The Balaban J connectivity index is 0.00000400. The molecule has 2 aromatic carbocycles. The molecule has 6 nitrogen and oxygen atoms in total. The van der Waals surface area contributed by atoms with Crippen molar-refractivity contribution in [2.75, 3.05) is 0 Å². The summed E-state index contributed by atoms with van der Waals surface area (Å²) in [7, 11) is 0. The Morgan fingerprint density at radius 1 is 0.867 bits per heavy atom. The number of rotatable bonds is 8. The van der Waals surface area contributed by atoms with Gasteiger partial charge in [-0.1, -0.05) is 30.7 Å². The minimum absolute atomic E-state index is 0. The van der Waals surface area contributed by atoms with Crippen molar-refractivity contribution in [3.63, 3.8) is 0 Å². The third kappa shape index (κ3) is 6.96. The monoisotopic (exact) mass is 777 g/mol. The van der Waals surface area contributed by atoms with Gasteiger partial charge in [-0.05, 0) is 48.0 Å². The Kier molecular flexibility index (Phi) is 9.43. The van der Waals surface area contributed by atoms with Crippen LogP contribution in [0.2, 0.25) is 0 Å². The Hall–Kier alpha value is -4.84. The summed E-state index contributed by atoms with van der Waals surface area (Å²) in [6.07, 6.45) is 0.759. The average Bonchev–Trinajstić information content (AvgIpc) is 3.57. The van der Waals surface area contributed by atoms with Gasteiger partial charge < -0.3 is 4.98 Å². The van der Waals surface area contributed by atoms with E-state index in [0.717, 1.165) is 17.2 Å². The molecule has 1 aliphatic rings. The molecule has 4 heterocycles. The zero-order chi connectivity index (χ0) is 30.6. The molecule has 0 saturated heterocycles. The molecule has 225 valence electrons. The zero-order valence-corrected chi connectivity index (χ0v) is 25.9. The van der Waals surface area contributed by atoms with Gasteiger partial charge in [0, 0.05) is 38.2 Å². The number of halogens is 3. The van der Waals surface area contributed by atoms with E-state index in [-0.39, 0.29) is 20.1 Å². The van der Waals surface area contributed by atoms with E-state index in [1.165, 1.54) is 0 Å². The maximum Gasteiger partial charge on any atom is 0.434 e. The molecule has 2 unspecified atom stereocenters. The number of allylic oxidation sites excluding steroid dienone is 1. The van der Waals surface area contributed by atoms with Crippen LogP contribution >= 0.6 is 0 Å². The van der Waals surface area contributed by atoms with Crippen LogP contribution in [-0.2, 0) is 38.4 Å². The van der Waals surface area contributed by atoms with Gasteiger partial charge in [0.25, 0.3) is 0 Å². The van der Waals surface area contributed by atoms with Gasteiger partial charge in [0.2, 0.25) is 0 Å². The third-order valence-electron chi connectivity index (χ3n) is 7.40. The molecule has 0 N–H and O–H groups in total. The van der Waals surface area contributed by atoms with Gasteiger partial charge in [0.15, 0.2) is 5.70 Å². The zero-order valence-electron chi connectivity index (χ0n) is 23.5. The Bertz CT molecular complexity index is 1840. The fourth-order valence-corrected chi connectivity index (χ4v) is 5.34. The second-order valence-corrected chi connectivity index (χ2v) is 10.3. The van der Waals surface area contributed by atoms with Crippen LogP contribution in [0.3, 0.4) is 0 Å². The maximum absolute atomic E-state index is 13.4. The predicted molar refractivity (Wildman–Crippen MR) is 158 cm³/mol. The van der Waals surface area contributed by atoms with Crippen molar-refractivity contribution in [1.82, 2.24) is 15.0 Å². The van der Waals surface area contributed by atoms with Crippen LogP contribution in [0.5, 0.6) is 0 Å². The van der Waals surface area contributed by atoms with E-state index in [9.17, 15) is 13.2 Å². The summed E-state index contributed by atoms with van der Waals surface area (Å²) in [5, 5.41) is 7.26. The van der Waals surface area contributed by atoms with Gasteiger partial charge in [-0.25, -0.2) is 0 Å². The van der Waals surface area contributed by atoms with Crippen LogP contribution in [0.25, 0.3) is 16.1 Å². The predicted octanol–water partition coefficient (Wildman–Crippen LogP) is 8.41.